The molecular weight excluding hydrogens is 164 g/mol. The average molecular weight is 180 g/mol. The number of nitrogens with one attached hydrogen (secondary N) is 1. The van der Waals surface area contributed by atoms with Gasteiger partial charge in [-0.3, -0.25) is 4.79 Å². The van der Waals surface area contributed by atoms with E-state index < -0.39 is 0 Å². The van der Waals surface area contributed by atoms with E-state index in [0.717, 1.165) is 18.5 Å². The van der Waals surface area contributed by atoms with Gasteiger partial charge in [-0.2, -0.15) is 0 Å². The summed E-state index contributed by atoms with van der Waals surface area (Å²) in [6.45, 7) is 3.64. The van der Waals surface area contributed by atoms with E-state index in [1.165, 1.54) is 0 Å². The minimum absolute atomic E-state index is 0.119. The van der Waals surface area contributed by atoms with Crippen LogP contribution < -0.4 is 5.32 Å². The molecule has 1 fully saturated rings. The van der Waals surface area contributed by atoms with Crippen LogP contribution in [0.5, 0.6) is 0 Å². The first-order valence-electron chi connectivity index (χ1n) is 4.45. The first-order valence-corrected chi connectivity index (χ1v) is 4.45. The van der Waals surface area contributed by atoms with Crippen molar-refractivity contribution in [1.82, 2.24) is 10.2 Å². The van der Waals surface area contributed by atoms with Gasteiger partial charge in [0.1, 0.15) is 0 Å². The molecule has 0 spiro atoms. The van der Waals surface area contributed by atoms with E-state index in [1.54, 1.807) is 6.08 Å². The van der Waals surface area contributed by atoms with E-state index in [2.05, 4.69) is 11.9 Å². The maximum absolute atomic E-state index is 11.3. The van der Waals surface area contributed by atoms with Crippen molar-refractivity contribution in [2.45, 2.75) is 12.8 Å². The molecule has 1 rings (SSSR count). The Morgan fingerprint density at radius 3 is 2.54 bits per heavy atom. The lowest BCUT2D eigenvalue weighted by molar-refractivity contribution is -0.121. The Kier molecular flexibility index (Phi) is 3.12. The molecule has 1 aliphatic rings. The van der Waals surface area contributed by atoms with Gasteiger partial charge in [0, 0.05) is 26.2 Å². The molecule has 0 radical (unpaired) electrons. The van der Waals surface area contributed by atoms with E-state index >= 15 is 0 Å². The van der Waals surface area contributed by atoms with Crippen LogP contribution in [0.2, 0.25) is 0 Å². The minimum Gasteiger partial charge on any atom is -0.382 e. The van der Waals surface area contributed by atoms with Gasteiger partial charge in [-0.05, 0) is 18.9 Å². The van der Waals surface area contributed by atoms with Gasteiger partial charge in [0.15, 0.2) is 0 Å². The number of hydrogen-bond acceptors (Lipinski definition) is 2. The van der Waals surface area contributed by atoms with Gasteiger partial charge in [0.25, 0.3) is 0 Å². The minimum atomic E-state index is 0.119. The molecule has 0 aromatic heterocycles. The van der Waals surface area contributed by atoms with Gasteiger partial charge in [-0.1, -0.05) is 6.58 Å². The monoisotopic (exact) mass is 180 g/mol. The standard InChI is InChI=1S/C10H16N2O/c1-4-9(7-12(2)3)11-10(13)8-5-6-8/h4,7-8H,1,5-6H2,2-3H3,(H,11,13)/b9-7+. The Bertz CT molecular complexity index is 239. The number of nitrogens with zero attached hydrogens (tertiary/aromatic N) is 1. The average Bonchev–Trinajstić information content (AvgIpc) is 2.84. The Hall–Kier alpha value is -1.25. The Balaban J connectivity index is 2.47. The second-order valence-corrected chi connectivity index (χ2v) is 3.52. The van der Waals surface area contributed by atoms with Crippen molar-refractivity contribution in [3.8, 4) is 0 Å². The van der Waals surface area contributed by atoms with Gasteiger partial charge in [0.2, 0.25) is 5.91 Å². The Labute approximate surface area is 79.1 Å². The molecule has 13 heavy (non-hydrogen) atoms. The molecule has 0 unspecified atom stereocenters. The van der Waals surface area contributed by atoms with E-state index in [4.69, 9.17) is 0 Å². The number of carbonyl (C=O) groups is 1. The predicted octanol–water partition coefficient (Wildman–Crippen LogP) is 1.10. The molecule has 0 aromatic carbocycles. The molecule has 72 valence electrons. The van der Waals surface area contributed by atoms with Crippen LogP contribution in [-0.2, 0) is 4.79 Å². The molecule has 1 saturated carbocycles. The number of rotatable bonds is 4. The highest BCUT2D eigenvalue weighted by Crippen LogP contribution is 2.29. The summed E-state index contributed by atoms with van der Waals surface area (Å²) < 4.78 is 0. The maximum Gasteiger partial charge on any atom is 0.227 e. The van der Waals surface area contributed by atoms with Crippen molar-refractivity contribution < 1.29 is 4.79 Å². The van der Waals surface area contributed by atoms with Gasteiger partial charge < -0.3 is 10.2 Å². The molecule has 3 heteroatoms. The van der Waals surface area contributed by atoms with Crippen molar-refractivity contribution in [1.29, 1.82) is 0 Å². The highest BCUT2D eigenvalue weighted by molar-refractivity contribution is 5.82. The topological polar surface area (TPSA) is 32.3 Å². The van der Waals surface area contributed by atoms with Crippen LogP contribution in [0.3, 0.4) is 0 Å². The molecule has 1 amide bonds. The fourth-order valence-electron chi connectivity index (χ4n) is 1.00. The molecule has 0 atom stereocenters. The lowest BCUT2D eigenvalue weighted by Gasteiger charge is -2.09. The normalized spacial score (nSPS) is 16.6. The van der Waals surface area contributed by atoms with Gasteiger partial charge in [0.05, 0.1) is 5.70 Å². The molecule has 0 saturated heterocycles. The van der Waals surface area contributed by atoms with Crippen LogP contribution in [0.15, 0.2) is 24.6 Å². The van der Waals surface area contributed by atoms with E-state index in [1.807, 2.05) is 25.2 Å². The SMILES string of the molecule is C=C/C(=C\N(C)C)NC(=O)C1CC1. The molecule has 0 aromatic rings. The Morgan fingerprint density at radius 2 is 2.15 bits per heavy atom. The summed E-state index contributed by atoms with van der Waals surface area (Å²) in [5, 5.41) is 2.82. The van der Waals surface area contributed by atoms with Gasteiger partial charge in [-0.25, -0.2) is 0 Å². The lowest BCUT2D eigenvalue weighted by Crippen LogP contribution is -2.24. The molecule has 0 heterocycles. The summed E-state index contributed by atoms with van der Waals surface area (Å²) in [5.41, 5.74) is 0.766. The van der Waals surface area contributed by atoms with Crippen molar-refractivity contribution in [3.05, 3.63) is 24.6 Å². The van der Waals surface area contributed by atoms with Crippen LogP contribution in [0, 0.1) is 5.92 Å². The summed E-state index contributed by atoms with van der Waals surface area (Å²) in [6, 6.07) is 0. The second kappa shape index (κ2) is 4.12. The van der Waals surface area contributed by atoms with Gasteiger partial charge in [-0.15, -0.1) is 0 Å². The quantitative estimate of drug-likeness (QED) is 0.657. The summed E-state index contributed by atoms with van der Waals surface area (Å²) in [7, 11) is 3.82. The number of hydrogen-bond donors (Lipinski definition) is 1. The third kappa shape index (κ3) is 3.32. The molecule has 0 bridgehead atoms. The maximum atomic E-state index is 11.3. The predicted molar refractivity (Wildman–Crippen MR) is 52.8 cm³/mol. The highest BCUT2D eigenvalue weighted by atomic mass is 16.2. The van der Waals surface area contributed by atoms with Crippen molar-refractivity contribution >= 4 is 5.91 Å². The highest BCUT2D eigenvalue weighted by Gasteiger charge is 2.29. The molecule has 1 N–H and O–H groups in total. The third-order valence-corrected chi connectivity index (χ3v) is 1.83. The molecule has 1 aliphatic carbocycles. The van der Waals surface area contributed by atoms with Crippen LogP contribution in [0.1, 0.15) is 12.8 Å². The van der Waals surface area contributed by atoms with E-state index in [-0.39, 0.29) is 11.8 Å². The van der Waals surface area contributed by atoms with Crippen molar-refractivity contribution in [2.24, 2.45) is 5.92 Å². The fraction of sp³-hybridized carbons (Fsp3) is 0.500. The summed E-state index contributed by atoms with van der Waals surface area (Å²) in [6.07, 6.45) is 5.55. The summed E-state index contributed by atoms with van der Waals surface area (Å²) in [4.78, 5) is 13.2. The number of amides is 1. The molecule has 3 nitrogen and oxygen atoms in total. The Morgan fingerprint density at radius 1 is 1.54 bits per heavy atom. The third-order valence-electron chi connectivity index (χ3n) is 1.83. The van der Waals surface area contributed by atoms with Crippen LogP contribution in [0.4, 0.5) is 0 Å². The van der Waals surface area contributed by atoms with Crippen LogP contribution >= 0.6 is 0 Å². The van der Waals surface area contributed by atoms with Crippen LogP contribution in [-0.4, -0.2) is 24.9 Å². The van der Waals surface area contributed by atoms with E-state index in [9.17, 15) is 4.79 Å². The second-order valence-electron chi connectivity index (χ2n) is 3.52. The zero-order chi connectivity index (χ0) is 9.84. The fourth-order valence-corrected chi connectivity index (χ4v) is 1.00. The number of allylic oxidation sites excluding steroid dienone is 1. The van der Waals surface area contributed by atoms with Gasteiger partial charge >= 0.3 is 0 Å². The summed E-state index contributed by atoms with van der Waals surface area (Å²) in [5.74, 6) is 0.360. The number of carbonyl (C=O) groups excluding carboxylic acids is 1. The first-order chi connectivity index (χ1) is 6.13. The zero-order valence-corrected chi connectivity index (χ0v) is 8.21. The van der Waals surface area contributed by atoms with E-state index in [0.29, 0.717) is 0 Å². The van der Waals surface area contributed by atoms with Crippen LogP contribution in [0.25, 0.3) is 0 Å². The summed E-state index contributed by atoms with van der Waals surface area (Å²) >= 11 is 0. The first kappa shape index (κ1) is 9.84. The smallest absolute Gasteiger partial charge is 0.227 e. The zero-order valence-electron chi connectivity index (χ0n) is 8.21. The lowest BCUT2D eigenvalue weighted by atomic mass is 10.3. The molecule has 0 aliphatic heterocycles. The largest absolute Gasteiger partial charge is 0.382 e. The van der Waals surface area contributed by atoms with Crippen molar-refractivity contribution in [2.75, 3.05) is 14.1 Å². The van der Waals surface area contributed by atoms with Crippen molar-refractivity contribution in [3.63, 3.8) is 0 Å². The molecular formula is C10H16N2O.